The molecule has 94 valence electrons. The molecule has 0 aliphatic heterocycles. The number of oxazole rings is 1. The van der Waals surface area contributed by atoms with Gasteiger partial charge in [0.25, 0.3) is 0 Å². The number of halogens is 1. The fourth-order valence-corrected chi connectivity index (χ4v) is 1.52. The zero-order valence-corrected chi connectivity index (χ0v) is 9.94. The van der Waals surface area contributed by atoms with E-state index in [0.717, 1.165) is 5.69 Å². The van der Waals surface area contributed by atoms with Crippen molar-refractivity contribution < 1.29 is 13.6 Å². The van der Waals surface area contributed by atoms with E-state index in [2.05, 4.69) is 10.3 Å². The third-order valence-corrected chi connectivity index (χ3v) is 2.40. The highest BCUT2D eigenvalue weighted by atomic mass is 19.1. The van der Waals surface area contributed by atoms with Gasteiger partial charge >= 0.3 is 0 Å². The zero-order chi connectivity index (χ0) is 13.0. The number of carbonyl (C=O) groups is 1. The van der Waals surface area contributed by atoms with Crippen molar-refractivity contribution in [3.05, 3.63) is 47.9 Å². The Bertz CT molecular complexity index is 534. The minimum absolute atomic E-state index is 0.137. The smallest absolute Gasteiger partial charge is 0.224 e. The van der Waals surface area contributed by atoms with Gasteiger partial charge in [0.2, 0.25) is 5.91 Å². The summed E-state index contributed by atoms with van der Waals surface area (Å²) in [5.41, 5.74) is 1.33. The predicted octanol–water partition coefficient (Wildman–Crippen LogP) is 2.69. The lowest BCUT2D eigenvalue weighted by Crippen LogP contribution is -2.12. The summed E-state index contributed by atoms with van der Waals surface area (Å²) in [5, 5.41) is 2.68. The lowest BCUT2D eigenvalue weighted by molar-refractivity contribution is -0.116. The summed E-state index contributed by atoms with van der Waals surface area (Å²) >= 11 is 0. The molecule has 1 amide bonds. The number of carbonyl (C=O) groups excluding carboxylic acids is 1. The summed E-state index contributed by atoms with van der Waals surface area (Å²) in [4.78, 5) is 15.7. The van der Waals surface area contributed by atoms with Crippen LogP contribution in [0.3, 0.4) is 0 Å². The van der Waals surface area contributed by atoms with Crippen molar-refractivity contribution in [3.8, 4) is 0 Å². The average molecular weight is 248 g/mol. The van der Waals surface area contributed by atoms with Gasteiger partial charge in [-0.15, -0.1) is 0 Å². The van der Waals surface area contributed by atoms with Crippen molar-refractivity contribution in [2.45, 2.75) is 19.8 Å². The van der Waals surface area contributed by atoms with Crippen LogP contribution in [-0.4, -0.2) is 10.9 Å². The summed E-state index contributed by atoms with van der Waals surface area (Å²) in [6, 6.07) is 5.65. The number of anilines is 1. The first-order valence-corrected chi connectivity index (χ1v) is 5.60. The second-order valence-corrected chi connectivity index (χ2v) is 3.91. The largest absolute Gasteiger partial charge is 0.449 e. The molecule has 0 saturated heterocycles. The minimum atomic E-state index is -0.328. The SMILES string of the molecule is Cc1nc(CCC(=O)Nc2ccc(F)cc2)co1. The molecule has 0 spiro atoms. The zero-order valence-electron chi connectivity index (χ0n) is 9.94. The summed E-state index contributed by atoms with van der Waals surface area (Å²) in [6.07, 6.45) is 2.37. The predicted molar refractivity (Wildman–Crippen MR) is 64.6 cm³/mol. The van der Waals surface area contributed by atoms with Crippen LogP contribution in [0.1, 0.15) is 18.0 Å². The van der Waals surface area contributed by atoms with E-state index in [4.69, 9.17) is 4.42 Å². The number of hydrogen-bond donors (Lipinski definition) is 1. The van der Waals surface area contributed by atoms with Crippen LogP contribution in [0.15, 0.2) is 34.9 Å². The third-order valence-electron chi connectivity index (χ3n) is 2.40. The van der Waals surface area contributed by atoms with Gasteiger partial charge in [0.15, 0.2) is 5.89 Å². The Kier molecular flexibility index (Phi) is 3.72. The highest BCUT2D eigenvalue weighted by molar-refractivity contribution is 5.90. The quantitative estimate of drug-likeness (QED) is 0.905. The van der Waals surface area contributed by atoms with Crippen molar-refractivity contribution in [3.63, 3.8) is 0 Å². The van der Waals surface area contributed by atoms with E-state index in [1.54, 1.807) is 13.2 Å². The first kappa shape index (κ1) is 12.3. The number of amides is 1. The van der Waals surface area contributed by atoms with E-state index in [1.165, 1.54) is 24.3 Å². The van der Waals surface area contributed by atoms with Gasteiger partial charge in [-0.2, -0.15) is 0 Å². The Morgan fingerprint density at radius 1 is 1.39 bits per heavy atom. The Morgan fingerprint density at radius 2 is 2.11 bits per heavy atom. The maximum Gasteiger partial charge on any atom is 0.224 e. The first-order chi connectivity index (χ1) is 8.63. The van der Waals surface area contributed by atoms with Crippen molar-refractivity contribution in [2.75, 3.05) is 5.32 Å². The fraction of sp³-hybridized carbons (Fsp3) is 0.231. The molecule has 5 heteroatoms. The molecule has 0 aliphatic rings. The number of benzene rings is 1. The van der Waals surface area contributed by atoms with Crippen LogP contribution in [0.4, 0.5) is 10.1 Å². The molecular weight excluding hydrogens is 235 g/mol. The van der Waals surface area contributed by atoms with E-state index in [0.29, 0.717) is 24.4 Å². The molecule has 1 aromatic heterocycles. The second-order valence-electron chi connectivity index (χ2n) is 3.91. The lowest BCUT2D eigenvalue weighted by Gasteiger charge is -2.03. The van der Waals surface area contributed by atoms with Crippen LogP contribution in [-0.2, 0) is 11.2 Å². The van der Waals surface area contributed by atoms with Crippen LogP contribution in [0, 0.1) is 12.7 Å². The number of nitrogens with one attached hydrogen (secondary N) is 1. The molecule has 4 nitrogen and oxygen atoms in total. The molecule has 1 N–H and O–H groups in total. The van der Waals surface area contributed by atoms with Crippen molar-refractivity contribution >= 4 is 11.6 Å². The molecule has 1 aromatic carbocycles. The Hall–Kier alpha value is -2.17. The number of aromatic nitrogens is 1. The van der Waals surface area contributed by atoms with E-state index < -0.39 is 0 Å². The summed E-state index contributed by atoms with van der Waals surface area (Å²) in [5.74, 6) is 0.122. The number of rotatable bonds is 4. The molecule has 2 rings (SSSR count). The van der Waals surface area contributed by atoms with Crippen LogP contribution in [0.5, 0.6) is 0 Å². The molecule has 0 atom stereocenters. The maximum absolute atomic E-state index is 12.7. The molecule has 0 bridgehead atoms. The Balaban J connectivity index is 1.83. The summed E-state index contributed by atoms with van der Waals surface area (Å²) < 4.78 is 17.7. The Labute approximate surface area is 104 Å². The van der Waals surface area contributed by atoms with Gasteiger partial charge in [-0.1, -0.05) is 0 Å². The molecule has 2 aromatic rings. The first-order valence-electron chi connectivity index (χ1n) is 5.60. The van der Waals surface area contributed by atoms with Gasteiger partial charge in [-0.3, -0.25) is 4.79 Å². The van der Waals surface area contributed by atoms with Crippen LogP contribution < -0.4 is 5.32 Å². The number of aryl methyl sites for hydroxylation is 2. The number of hydrogen-bond acceptors (Lipinski definition) is 3. The molecule has 0 saturated carbocycles. The van der Waals surface area contributed by atoms with Crippen molar-refractivity contribution in [1.82, 2.24) is 4.98 Å². The lowest BCUT2D eigenvalue weighted by atomic mass is 10.2. The molecule has 0 unspecified atom stereocenters. The maximum atomic E-state index is 12.7. The van der Waals surface area contributed by atoms with Crippen molar-refractivity contribution in [2.24, 2.45) is 0 Å². The van der Waals surface area contributed by atoms with Gasteiger partial charge in [0, 0.05) is 25.5 Å². The minimum Gasteiger partial charge on any atom is -0.449 e. The molecule has 0 fully saturated rings. The normalized spacial score (nSPS) is 10.3. The standard InChI is InChI=1S/C13H13FN2O2/c1-9-15-12(8-18-9)6-7-13(17)16-11-4-2-10(14)3-5-11/h2-5,8H,6-7H2,1H3,(H,16,17). The molecule has 0 aliphatic carbocycles. The highest BCUT2D eigenvalue weighted by Gasteiger charge is 2.06. The van der Waals surface area contributed by atoms with Gasteiger partial charge < -0.3 is 9.73 Å². The third kappa shape index (κ3) is 3.41. The van der Waals surface area contributed by atoms with E-state index in [1.807, 2.05) is 0 Å². The number of nitrogens with zero attached hydrogens (tertiary/aromatic N) is 1. The van der Waals surface area contributed by atoms with Gasteiger partial charge in [-0.25, -0.2) is 9.37 Å². The molecule has 1 heterocycles. The summed E-state index contributed by atoms with van der Waals surface area (Å²) in [7, 11) is 0. The average Bonchev–Trinajstić information content (AvgIpc) is 2.76. The van der Waals surface area contributed by atoms with Crippen LogP contribution >= 0.6 is 0 Å². The van der Waals surface area contributed by atoms with E-state index in [9.17, 15) is 9.18 Å². The van der Waals surface area contributed by atoms with Crippen molar-refractivity contribution in [1.29, 1.82) is 0 Å². The second kappa shape index (κ2) is 5.44. The molecule has 18 heavy (non-hydrogen) atoms. The van der Waals surface area contributed by atoms with E-state index in [-0.39, 0.29) is 11.7 Å². The molecule has 0 radical (unpaired) electrons. The summed E-state index contributed by atoms with van der Waals surface area (Å²) in [6.45, 7) is 1.75. The van der Waals surface area contributed by atoms with Gasteiger partial charge in [0.05, 0.1) is 5.69 Å². The highest BCUT2D eigenvalue weighted by Crippen LogP contribution is 2.09. The fourth-order valence-electron chi connectivity index (χ4n) is 1.52. The van der Waals surface area contributed by atoms with Gasteiger partial charge in [0.1, 0.15) is 12.1 Å². The topological polar surface area (TPSA) is 55.1 Å². The van der Waals surface area contributed by atoms with E-state index >= 15 is 0 Å². The van der Waals surface area contributed by atoms with Crippen LogP contribution in [0.2, 0.25) is 0 Å². The Morgan fingerprint density at radius 3 is 2.72 bits per heavy atom. The monoisotopic (exact) mass is 248 g/mol. The van der Waals surface area contributed by atoms with Gasteiger partial charge in [-0.05, 0) is 24.3 Å². The van der Waals surface area contributed by atoms with Crippen LogP contribution in [0.25, 0.3) is 0 Å². The molecular formula is C13H13FN2O2.